The Balaban J connectivity index is 2.59. The molecule has 1 N–H and O–H groups in total. The van der Waals surface area contributed by atoms with Gasteiger partial charge in [0.05, 0.1) is 12.1 Å². The number of halogens is 2. The van der Waals surface area contributed by atoms with Gasteiger partial charge >= 0.3 is 5.97 Å². The number of ether oxygens (including phenoxy) is 1. The number of aromatic carboxylic acids is 1. The van der Waals surface area contributed by atoms with Gasteiger partial charge in [0, 0.05) is 22.7 Å². The third-order valence-electron chi connectivity index (χ3n) is 3.11. The van der Waals surface area contributed by atoms with Crippen LogP contribution in [0, 0.1) is 18.7 Å². The van der Waals surface area contributed by atoms with Crippen molar-refractivity contribution in [1.29, 1.82) is 0 Å². The van der Waals surface area contributed by atoms with Crippen molar-refractivity contribution in [3.63, 3.8) is 0 Å². The summed E-state index contributed by atoms with van der Waals surface area (Å²) in [6.07, 6.45) is 0. The molecule has 0 amide bonds. The van der Waals surface area contributed by atoms with E-state index in [9.17, 15) is 14.3 Å². The summed E-state index contributed by atoms with van der Waals surface area (Å²) in [6, 6.07) is 3.97. The molecule has 1 unspecified atom stereocenters. The fraction of sp³-hybridized carbons (Fsp3) is 0.333. The highest BCUT2D eigenvalue weighted by molar-refractivity contribution is 6.18. The van der Waals surface area contributed by atoms with Crippen LogP contribution in [0.2, 0.25) is 0 Å². The number of nitrogens with zero attached hydrogens (tertiary/aromatic N) is 1. The van der Waals surface area contributed by atoms with Crippen molar-refractivity contribution >= 4 is 28.5 Å². The average molecular weight is 312 g/mol. The van der Waals surface area contributed by atoms with Crippen LogP contribution in [0.4, 0.5) is 4.39 Å². The van der Waals surface area contributed by atoms with Crippen LogP contribution in [0.15, 0.2) is 18.2 Å². The molecule has 0 saturated carbocycles. The first-order valence-corrected chi connectivity index (χ1v) is 6.99. The standard InChI is InChI=1S/C15H15ClFNO3/c1-8(6-16)7-21-14-9(2)13(15(19)20)18-12-4-3-10(17)5-11(12)14/h3-5,8H,6-7H2,1-2H3,(H,19,20). The van der Waals surface area contributed by atoms with Gasteiger partial charge in [-0.2, -0.15) is 0 Å². The Labute approximate surface area is 126 Å². The molecule has 2 rings (SSSR count). The minimum atomic E-state index is -1.14. The number of hydrogen-bond acceptors (Lipinski definition) is 3. The lowest BCUT2D eigenvalue weighted by molar-refractivity contribution is 0.0689. The van der Waals surface area contributed by atoms with Crippen molar-refractivity contribution < 1.29 is 19.0 Å². The molecule has 112 valence electrons. The maximum absolute atomic E-state index is 13.5. The van der Waals surface area contributed by atoms with Gasteiger partial charge in [0.15, 0.2) is 5.69 Å². The van der Waals surface area contributed by atoms with Gasteiger partial charge in [0.25, 0.3) is 0 Å². The van der Waals surface area contributed by atoms with E-state index >= 15 is 0 Å². The summed E-state index contributed by atoms with van der Waals surface area (Å²) in [5.41, 5.74) is 0.665. The lowest BCUT2D eigenvalue weighted by Crippen LogP contribution is -2.13. The highest BCUT2D eigenvalue weighted by Gasteiger charge is 2.18. The molecule has 0 aliphatic heterocycles. The summed E-state index contributed by atoms with van der Waals surface area (Å²) in [7, 11) is 0. The number of hydrogen-bond donors (Lipinski definition) is 1. The smallest absolute Gasteiger partial charge is 0.354 e. The normalized spacial score (nSPS) is 12.4. The van der Waals surface area contributed by atoms with Crippen LogP contribution < -0.4 is 4.74 Å². The lowest BCUT2D eigenvalue weighted by Gasteiger charge is -2.16. The minimum absolute atomic E-state index is 0.0936. The number of fused-ring (bicyclic) bond motifs is 1. The molecule has 2 aromatic rings. The zero-order valence-corrected chi connectivity index (χ0v) is 12.4. The van der Waals surface area contributed by atoms with Crippen LogP contribution >= 0.6 is 11.6 Å². The van der Waals surface area contributed by atoms with Crippen molar-refractivity contribution in [2.45, 2.75) is 13.8 Å². The molecule has 0 aliphatic carbocycles. The van der Waals surface area contributed by atoms with Gasteiger partial charge in [-0.05, 0) is 25.1 Å². The highest BCUT2D eigenvalue weighted by atomic mass is 35.5. The Morgan fingerprint density at radius 1 is 1.52 bits per heavy atom. The lowest BCUT2D eigenvalue weighted by atomic mass is 10.1. The Bertz CT molecular complexity index is 690. The summed E-state index contributed by atoms with van der Waals surface area (Å²) in [5, 5.41) is 9.67. The number of rotatable bonds is 5. The summed E-state index contributed by atoms with van der Waals surface area (Å²) >= 11 is 5.74. The monoisotopic (exact) mass is 311 g/mol. The van der Waals surface area contributed by atoms with E-state index in [1.54, 1.807) is 6.92 Å². The molecule has 1 atom stereocenters. The molecule has 0 radical (unpaired) electrons. The SMILES string of the molecule is Cc1c(C(=O)O)nc2ccc(F)cc2c1OCC(C)CCl. The zero-order chi connectivity index (χ0) is 15.6. The second-order valence-corrected chi connectivity index (χ2v) is 5.26. The zero-order valence-electron chi connectivity index (χ0n) is 11.7. The number of benzene rings is 1. The Hall–Kier alpha value is -1.88. The number of aromatic nitrogens is 1. The van der Waals surface area contributed by atoms with Gasteiger partial charge in [-0.1, -0.05) is 6.92 Å². The first-order chi connectivity index (χ1) is 9.93. The van der Waals surface area contributed by atoms with E-state index < -0.39 is 11.8 Å². The highest BCUT2D eigenvalue weighted by Crippen LogP contribution is 2.31. The van der Waals surface area contributed by atoms with E-state index in [2.05, 4.69) is 4.98 Å². The van der Waals surface area contributed by atoms with E-state index in [0.29, 0.717) is 34.7 Å². The van der Waals surface area contributed by atoms with E-state index in [1.807, 2.05) is 6.92 Å². The van der Waals surface area contributed by atoms with E-state index in [-0.39, 0.29) is 11.6 Å². The molecule has 0 aliphatic rings. The van der Waals surface area contributed by atoms with Crippen LogP contribution in [0.1, 0.15) is 23.0 Å². The Morgan fingerprint density at radius 2 is 2.24 bits per heavy atom. The third-order valence-corrected chi connectivity index (χ3v) is 3.64. The molecule has 0 fully saturated rings. The molecular weight excluding hydrogens is 297 g/mol. The number of pyridine rings is 1. The van der Waals surface area contributed by atoms with Crippen LogP contribution in [0.25, 0.3) is 10.9 Å². The molecular formula is C15H15ClFNO3. The van der Waals surface area contributed by atoms with Gasteiger partial charge in [0.2, 0.25) is 0 Å². The number of carboxylic acids is 1. The topological polar surface area (TPSA) is 59.4 Å². The van der Waals surface area contributed by atoms with Crippen molar-refractivity contribution in [3.8, 4) is 5.75 Å². The molecule has 21 heavy (non-hydrogen) atoms. The largest absolute Gasteiger partial charge is 0.492 e. The van der Waals surface area contributed by atoms with Crippen molar-refractivity contribution in [2.24, 2.45) is 5.92 Å². The third kappa shape index (κ3) is 3.24. The molecule has 4 nitrogen and oxygen atoms in total. The molecule has 6 heteroatoms. The number of carbonyl (C=O) groups is 1. The Kier molecular flexibility index (Phi) is 4.63. The van der Waals surface area contributed by atoms with Crippen LogP contribution in [0.5, 0.6) is 5.75 Å². The molecule has 0 bridgehead atoms. The molecule has 0 spiro atoms. The van der Waals surface area contributed by atoms with Gasteiger partial charge in [-0.15, -0.1) is 11.6 Å². The van der Waals surface area contributed by atoms with E-state index in [4.69, 9.17) is 16.3 Å². The summed E-state index contributed by atoms with van der Waals surface area (Å²) in [5.74, 6) is -0.719. The second-order valence-electron chi connectivity index (χ2n) is 4.95. The van der Waals surface area contributed by atoms with Gasteiger partial charge in [-0.25, -0.2) is 14.2 Å². The second kappa shape index (κ2) is 6.26. The first kappa shape index (κ1) is 15.5. The first-order valence-electron chi connectivity index (χ1n) is 6.46. The minimum Gasteiger partial charge on any atom is -0.492 e. The number of carboxylic acid groups (broad SMARTS) is 1. The van der Waals surface area contributed by atoms with Crippen molar-refractivity contribution in [3.05, 3.63) is 35.3 Å². The Morgan fingerprint density at radius 3 is 2.86 bits per heavy atom. The molecule has 1 heterocycles. The predicted molar refractivity (Wildman–Crippen MR) is 78.8 cm³/mol. The molecule has 1 aromatic heterocycles. The fourth-order valence-corrected chi connectivity index (χ4v) is 2.05. The molecule has 1 aromatic carbocycles. The summed E-state index contributed by atoms with van der Waals surface area (Å²) in [6.45, 7) is 3.82. The maximum Gasteiger partial charge on any atom is 0.354 e. The van der Waals surface area contributed by atoms with Gasteiger partial charge < -0.3 is 9.84 Å². The maximum atomic E-state index is 13.5. The van der Waals surface area contributed by atoms with Crippen LogP contribution in [0.3, 0.4) is 0 Å². The average Bonchev–Trinajstić information content (AvgIpc) is 2.45. The van der Waals surface area contributed by atoms with Crippen molar-refractivity contribution in [1.82, 2.24) is 4.98 Å². The van der Waals surface area contributed by atoms with Crippen LogP contribution in [-0.4, -0.2) is 28.5 Å². The predicted octanol–water partition coefficient (Wildman–Crippen LogP) is 3.63. The fourth-order valence-electron chi connectivity index (χ4n) is 1.97. The molecule has 0 saturated heterocycles. The van der Waals surface area contributed by atoms with Crippen LogP contribution in [-0.2, 0) is 0 Å². The van der Waals surface area contributed by atoms with Gasteiger partial charge in [-0.3, -0.25) is 0 Å². The van der Waals surface area contributed by atoms with E-state index in [1.165, 1.54) is 18.2 Å². The number of alkyl halides is 1. The van der Waals surface area contributed by atoms with Crippen molar-refractivity contribution in [2.75, 3.05) is 12.5 Å². The van der Waals surface area contributed by atoms with Gasteiger partial charge in [0.1, 0.15) is 11.6 Å². The van der Waals surface area contributed by atoms with E-state index in [0.717, 1.165) is 0 Å². The summed E-state index contributed by atoms with van der Waals surface area (Å²) in [4.78, 5) is 15.3. The quantitative estimate of drug-likeness (QED) is 0.857. The summed E-state index contributed by atoms with van der Waals surface area (Å²) < 4.78 is 19.1.